The molecular weight excluding hydrogens is 358 g/mol. The molecule has 0 aromatic heterocycles. The number of piperidine rings is 1. The highest BCUT2D eigenvalue weighted by Crippen LogP contribution is 2.32. The number of carbonyl (C=O) groups is 2. The summed E-state index contributed by atoms with van der Waals surface area (Å²) < 4.78 is 5.06. The number of benzene rings is 2. The highest BCUT2D eigenvalue weighted by atomic mass is 16.5. The van der Waals surface area contributed by atoms with Crippen LogP contribution in [0, 0.1) is 0 Å². The number of anilines is 1. The third kappa shape index (κ3) is 5.09. The first-order chi connectivity index (χ1) is 13.5. The molecule has 0 bridgehead atoms. The van der Waals surface area contributed by atoms with E-state index in [2.05, 4.69) is 10.6 Å². The zero-order valence-electron chi connectivity index (χ0n) is 15.9. The van der Waals surface area contributed by atoms with Crippen LogP contribution < -0.4 is 15.4 Å². The molecule has 3 rings (SSSR count). The van der Waals surface area contributed by atoms with E-state index in [0.717, 1.165) is 5.56 Å². The van der Waals surface area contributed by atoms with Crippen molar-refractivity contribution in [3.05, 3.63) is 60.2 Å². The van der Waals surface area contributed by atoms with Crippen molar-refractivity contribution < 1.29 is 19.4 Å². The van der Waals surface area contributed by atoms with Crippen LogP contribution in [0.1, 0.15) is 18.4 Å². The third-order valence-electron chi connectivity index (χ3n) is 4.96. The van der Waals surface area contributed by atoms with Crippen molar-refractivity contribution in [3.8, 4) is 5.75 Å². The first kappa shape index (κ1) is 19.9. The van der Waals surface area contributed by atoms with E-state index in [4.69, 9.17) is 4.74 Å². The quantitative estimate of drug-likeness (QED) is 0.737. The minimum absolute atomic E-state index is 0.112. The summed E-state index contributed by atoms with van der Waals surface area (Å²) >= 11 is 0. The van der Waals surface area contributed by atoms with Crippen molar-refractivity contribution in [1.82, 2.24) is 10.2 Å². The normalized spacial score (nSPS) is 16.2. The lowest BCUT2D eigenvalue weighted by atomic mass is 9.84. The maximum atomic E-state index is 12.1. The van der Waals surface area contributed by atoms with Crippen molar-refractivity contribution in [2.75, 3.05) is 32.1 Å². The topological polar surface area (TPSA) is 90.9 Å². The molecule has 3 N–H and O–H groups in total. The number of likely N-dealkylation sites (tertiary alicyclic amines) is 1. The SMILES string of the molecule is COc1ccc(NC(=O)NC(=O)CN2CCC(O)(c3ccccc3)CC2)cc1. The largest absolute Gasteiger partial charge is 0.497 e. The molecule has 1 aliphatic rings. The van der Waals surface area contributed by atoms with Crippen molar-refractivity contribution in [2.45, 2.75) is 18.4 Å². The van der Waals surface area contributed by atoms with Gasteiger partial charge in [0.25, 0.3) is 0 Å². The van der Waals surface area contributed by atoms with Crippen molar-refractivity contribution >= 4 is 17.6 Å². The van der Waals surface area contributed by atoms with Gasteiger partial charge in [0.1, 0.15) is 5.75 Å². The number of aliphatic hydroxyl groups is 1. The van der Waals surface area contributed by atoms with Gasteiger partial charge in [-0.05, 0) is 42.7 Å². The van der Waals surface area contributed by atoms with Crippen LogP contribution in [0.3, 0.4) is 0 Å². The fraction of sp³-hybridized carbons (Fsp3) is 0.333. The zero-order chi connectivity index (χ0) is 20.0. The lowest BCUT2D eigenvalue weighted by Gasteiger charge is -2.38. The average Bonchev–Trinajstić information content (AvgIpc) is 2.71. The molecule has 1 heterocycles. The predicted molar refractivity (Wildman–Crippen MR) is 106 cm³/mol. The van der Waals surface area contributed by atoms with Gasteiger partial charge in [0.05, 0.1) is 19.3 Å². The molecule has 7 nitrogen and oxygen atoms in total. The van der Waals surface area contributed by atoms with Crippen molar-refractivity contribution in [1.29, 1.82) is 0 Å². The maximum Gasteiger partial charge on any atom is 0.325 e. The summed E-state index contributed by atoms with van der Waals surface area (Å²) in [5, 5.41) is 15.8. The second kappa shape index (κ2) is 8.86. The highest BCUT2D eigenvalue weighted by molar-refractivity contribution is 6.01. The minimum atomic E-state index is -0.861. The molecule has 2 aromatic carbocycles. The number of imide groups is 1. The smallest absolute Gasteiger partial charge is 0.325 e. The molecule has 2 aromatic rings. The lowest BCUT2D eigenvalue weighted by molar-refractivity contribution is -0.122. The Kier molecular flexibility index (Phi) is 6.28. The Balaban J connectivity index is 1.44. The Morgan fingerprint density at radius 2 is 1.71 bits per heavy atom. The van der Waals surface area contributed by atoms with Crippen LogP contribution in [0.4, 0.5) is 10.5 Å². The molecule has 1 fully saturated rings. The Morgan fingerprint density at radius 1 is 1.07 bits per heavy atom. The van der Waals surface area contributed by atoms with Gasteiger partial charge in [-0.15, -0.1) is 0 Å². The van der Waals surface area contributed by atoms with Crippen LogP contribution in [0.15, 0.2) is 54.6 Å². The molecule has 1 aliphatic heterocycles. The molecule has 0 saturated carbocycles. The molecule has 28 heavy (non-hydrogen) atoms. The van der Waals surface area contributed by atoms with Gasteiger partial charge in [0.15, 0.2) is 0 Å². The number of amides is 3. The van der Waals surface area contributed by atoms with Crippen LogP contribution in [-0.4, -0.2) is 48.7 Å². The van der Waals surface area contributed by atoms with E-state index in [1.807, 2.05) is 35.2 Å². The number of hydrogen-bond acceptors (Lipinski definition) is 5. The number of urea groups is 1. The molecule has 3 amide bonds. The van der Waals surface area contributed by atoms with Gasteiger partial charge in [-0.25, -0.2) is 4.79 Å². The molecule has 0 aliphatic carbocycles. The molecule has 0 unspecified atom stereocenters. The summed E-state index contributed by atoms with van der Waals surface area (Å²) in [4.78, 5) is 26.1. The fourth-order valence-corrected chi connectivity index (χ4v) is 3.32. The first-order valence-electron chi connectivity index (χ1n) is 9.24. The predicted octanol–water partition coefficient (Wildman–Crippen LogP) is 2.33. The van der Waals surface area contributed by atoms with Crippen LogP contribution in [0.25, 0.3) is 0 Å². The van der Waals surface area contributed by atoms with E-state index in [-0.39, 0.29) is 12.5 Å². The molecular formula is C21H25N3O4. The van der Waals surface area contributed by atoms with Gasteiger partial charge >= 0.3 is 6.03 Å². The molecule has 0 spiro atoms. The number of nitrogens with zero attached hydrogens (tertiary/aromatic N) is 1. The Labute approximate surface area is 164 Å². The molecule has 7 heteroatoms. The number of ether oxygens (including phenoxy) is 1. The standard InChI is InChI=1S/C21H25N3O4/c1-28-18-9-7-17(8-10-18)22-20(26)23-19(25)15-24-13-11-21(27,12-14-24)16-5-3-2-4-6-16/h2-10,27H,11-15H2,1H3,(H2,22,23,25,26). The van der Waals surface area contributed by atoms with Crippen molar-refractivity contribution in [2.24, 2.45) is 0 Å². The van der Waals surface area contributed by atoms with Crippen molar-refractivity contribution in [3.63, 3.8) is 0 Å². The van der Waals surface area contributed by atoms with Gasteiger partial charge < -0.3 is 15.2 Å². The molecule has 1 saturated heterocycles. The highest BCUT2D eigenvalue weighted by Gasteiger charge is 2.34. The van der Waals surface area contributed by atoms with Gasteiger partial charge in [0, 0.05) is 18.8 Å². The third-order valence-corrected chi connectivity index (χ3v) is 4.96. The summed E-state index contributed by atoms with van der Waals surface area (Å²) in [5.74, 6) is 0.304. The van der Waals surface area contributed by atoms with Crippen LogP contribution in [-0.2, 0) is 10.4 Å². The second-order valence-electron chi connectivity index (χ2n) is 6.90. The lowest BCUT2D eigenvalue weighted by Crippen LogP contribution is -2.47. The summed E-state index contributed by atoms with van der Waals surface area (Å²) in [6, 6.07) is 15.8. The average molecular weight is 383 g/mol. The summed E-state index contributed by atoms with van der Waals surface area (Å²) in [7, 11) is 1.56. The Morgan fingerprint density at radius 3 is 2.32 bits per heavy atom. The Bertz CT molecular complexity index is 800. The Hall–Kier alpha value is -2.90. The first-order valence-corrected chi connectivity index (χ1v) is 9.24. The van der Waals surface area contributed by atoms with E-state index < -0.39 is 11.6 Å². The zero-order valence-corrected chi connectivity index (χ0v) is 15.9. The van der Waals surface area contributed by atoms with Crippen LogP contribution >= 0.6 is 0 Å². The monoisotopic (exact) mass is 383 g/mol. The number of methoxy groups -OCH3 is 1. The number of nitrogens with one attached hydrogen (secondary N) is 2. The van der Waals surface area contributed by atoms with Gasteiger partial charge in [-0.2, -0.15) is 0 Å². The van der Waals surface area contributed by atoms with E-state index >= 15 is 0 Å². The fourth-order valence-electron chi connectivity index (χ4n) is 3.32. The number of hydrogen-bond donors (Lipinski definition) is 3. The van der Waals surface area contributed by atoms with Gasteiger partial charge in [-0.1, -0.05) is 30.3 Å². The number of carbonyl (C=O) groups excluding carboxylic acids is 2. The summed E-state index contributed by atoms with van der Waals surface area (Å²) in [5.41, 5.74) is 0.606. The molecule has 148 valence electrons. The minimum Gasteiger partial charge on any atom is -0.497 e. The summed E-state index contributed by atoms with van der Waals surface area (Å²) in [6.45, 7) is 1.28. The van der Waals surface area contributed by atoms with E-state index in [9.17, 15) is 14.7 Å². The number of rotatable bonds is 5. The van der Waals surface area contributed by atoms with Gasteiger partial charge in [0.2, 0.25) is 5.91 Å². The van der Waals surface area contributed by atoms with Crippen LogP contribution in [0.2, 0.25) is 0 Å². The van der Waals surface area contributed by atoms with E-state index in [1.54, 1.807) is 31.4 Å². The molecule has 0 atom stereocenters. The summed E-state index contributed by atoms with van der Waals surface area (Å²) in [6.07, 6.45) is 1.09. The van der Waals surface area contributed by atoms with Gasteiger partial charge in [-0.3, -0.25) is 15.0 Å². The molecule has 0 radical (unpaired) electrons. The van der Waals surface area contributed by atoms with E-state index in [1.165, 1.54) is 0 Å². The second-order valence-corrected chi connectivity index (χ2v) is 6.90. The van der Waals surface area contributed by atoms with Crippen LogP contribution in [0.5, 0.6) is 5.75 Å². The van der Waals surface area contributed by atoms with E-state index in [0.29, 0.717) is 37.4 Å². The maximum absolute atomic E-state index is 12.1.